The molecule has 0 saturated carbocycles. The third-order valence-electron chi connectivity index (χ3n) is 4.45. The quantitative estimate of drug-likeness (QED) is 0.587. The Hall–Kier alpha value is -2.55. The Bertz CT molecular complexity index is 908. The number of ether oxygens (including phenoxy) is 1. The fourth-order valence-electron chi connectivity index (χ4n) is 2.88. The van der Waals surface area contributed by atoms with Gasteiger partial charge in [0.15, 0.2) is 0 Å². The molecular weight excluding hydrogens is 312 g/mol. The van der Waals surface area contributed by atoms with Gasteiger partial charge in [-0.15, -0.1) is 0 Å². The number of benzene rings is 2. The third-order valence-corrected chi connectivity index (χ3v) is 4.45. The molecule has 130 valence electrons. The summed E-state index contributed by atoms with van der Waals surface area (Å²) in [4.78, 5) is 12.5. The standard InChI is InChI=1S/C22H24O3/c1-15(2)11-12-24-18-9-10-19-16(3)20(22(23)25-21(19)14-18)13-17-7-5-4-6-8-17/h4-10,14-15H,11-13H2,1-3H3. The lowest BCUT2D eigenvalue weighted by molar-refractivity contribution is 0.289. The van der Waals surface area contributed by atoms with Gasteiger partial charge in [-0.1, -0.05) is 44.2 Å². The molecule has 1 heterocycles. The maximum absolute atomic E-state index is 12.5. The van der Waals surface area contributed by atoms with Crippen molar-refractivity contribution in [3.8, 4) is 5.75 Å². The van der Waals surface area contributed by atoms with Crippen molar-refractivity contribution in [1.82, 2.24) is 0 Å². The van der Waals surface area contributed by atoms with Crippen molar-refractivity contribution in [3.63, 3.8) is 0 Å². The van der Waals surface area contributed by atoms with E-state index < -0.39 is 0 Å². The minimum absolute atomic E-state index is 0.270. The van der Waals surface area contributed by atoms with E-state index in [-0.39, 0.29) is 5.63 Å². The molecule has 3 nitrogen and oxygen atoms in total. The molecule has 0 fully saturated rings. The van der Waals surface area contributed by atoms with Gasteiger partial charge in [-0.3, -0.25) is 0 Å². The molecule has 0 spiro atoms. The van der Waals surface area contributed by atoms with Crippen molar-refractivity contribution in [3.05, 3.63) is 75.6 Å². The average molecular weight is 336 g/mol. The lowest BCUT2D eigenvalue weighted by Crippen LogP contribution is -2.11. The van der Waals surface area contributed by atoms with Crippen LogP contribution in [-0.2, 0) is 6.42 Å². The van der Waals surface area contributed by atoms with E-state index in [9.17, 15) is 4.79 Å². The van der Waals surface area contributed by atoms with Crippen LogP contribution in [-0.4, -0.2) is 6.61 Å². The van der Waals surface area contributed by atoms with E-state index in [0.29, 0.717) is 30.1 Å². The Labute approximate surface area is 148 Å². The molecule has 0 aliphatic heterocycles. The molecule has 3 aromatic rings. The summed E-state index contributed by atoms with van der Waals surface area (Å²) in [6, 6.07) is 15.7. The van der Waals surface area contributed by atoms with Crippen LogP contribution in [0.25, 0.3) is 11.0 Å². The molecule has 0 saturated heterocycles. The van der Waals surface area contributed by atoms with Gasteiger partial charge in [0.25, 0.3) is 0 Å². The summed E-state index contributed by atoms with van der Waals surface area (Å²) in [5, 5.41) is 0.960. The van der Waals surface area contributed by atoms with Crippen molar-refractivity contribution >= 4 is 11.0 Å². The molecule has 1 aromatic heterocycles. The summed E-state index contributed by atoms with van der Waals surface area (Å²) in [6.07, 6.45) is 1.58. The first kappa shape index (κ1) is 17.3. The van der Waals surface area contributed by atoms with Crippen LogP contribution in [0.5, 0.6) is 5.75 Å². The van der Waals surface area contributed by atoms with Crippen LogP contribution in [0.4, 0.5) is 0 Å². The van der Waals surface area contributed by atoms with Crippen LogP contribution in [0.2, 0.25) is 0 Å². The molecule has 0 unspecified atom stereocenters. The maximum atomic E-state index is 12.5. The summed E-state index contributed by atoms with van der Waals surface area (Å²) >= 11 is 0. The Morgan fingerprint density at radius 1 is 1.08 bits per heavy atom. The SMILES string of the molecule is Cc1c(Cc2ccccc2)c(=O)oc2cc(OCCC(C)C)ccc12. The summed E-state index contributed by atoms with van der Waals surface area (Å²) in [5.41, 5.74) is 3.11. The maximum Gasteiger partial charge on any atom is 0.340 e. The second-order valence-corrected chi connectivity index (χ2v) is 6.84. The highest BCUT2D eigenvalue weighted by Crippen LogP contribution is 2.25. The molecule has 0 aliphatic carbocycles. The topological polar surface area (TPSA) is 39.4 Å². The molecule has 0 aliphatic rings. The van der Waals surface area contributed by atoms with Crippen molar-refractivity contribution in [2.24, 2.45) is 5.92 Å². The number of rotatable bonds is 6. The third kappa shape index (κ3) is 4.11. The highest BCUT2D eigenvalue weighted by atomic mass is 16.5. The fourth-order valence-corrected chi connectivity index (χ4v) is 2.88. The van der Waals surface area contributed by atoms with Crippen LogP contribution in [0.3, 0.4) is 0 Å². The summed E-state index contributed by atoms with van der Waals surface area (Å²) in [5.74, 6) is 1.34. The van der Waals surface area contributed by atoms with Gasteiger partial charge in [0, 0.05) is 23.4 Å². The van der Waals surface area contributed by atoms with Gasteiger partial charge in [0.05, 0.1) is 6.61 Å². The Balaban J connectivity index is 1.90. The predicted octanol–water partition coefficient (Wildman–Crippen LogP) is 5.12. The van der Waals surface area contributed by atoms with Crippen LogP contribution < -0.4 is 10.4 Å². The zero-order valence-electron chi connectivity index (χ0n) is 15.0. The Morgan fingerprint density at radius 3 is 2.56 bits per heavy atom. The summed E-state index contributed by atoms with van der Waals surface area (Å²) in [7, 11) is 0. The van der Waals surface area contributed by atoms with Crippen LogP contribution >= 0.6 is 0 Å². The second kappa shape index (κ2) is 7.56. The molecule has 3 rings (SSSR count). The second-order valence-electron chi connectivity index (χ2n) is 6.84. The van der Waals surface area contributed by atoms with Gasteiger partial charge in [0.2, 0.25) is 0 Å². The molecule has 0 amide bonds. The zero-order valence-corrected chi connectivity index (χ0v) is 15.0. The fraction of sp³-hybridized carbons (Fsp3) is 0.318. The first-order valence-corrected chi connectivity index (χ1v) is 8.77. The highest BCUT2D eigenvalue weighted by molar-refractivity contribution is 5.82. The van der Waals surface area contributed by atoms with E-state index in [1.165, 1.54) is 0 Å². The molecule has 0 atom stereocenters. The average Bonchev–Trinajstić information content (AvgIpc) is 2.59. The van der Waals surface area contributed by atoms with Crippen molar-refractivity contribution in [2.45, 2.75) is 33.6 Å². The number of hydrogen-bond acceptors (Lipinski definition) is 3. The van der Waals surface area contributed by atoms with Crippen molar-refractivity contribution < 1.29 is 9.15 Å². The zero-order chi connectivity index (χ0) is 17.8. The van der Waals surface area contributed by atoms with E-state index in [1.807, 2.05) is 55.5 Å². The minimum atomic E-state index is -0.270. The smallest absolute Gasteiger partial charge is 0.340 e. The van der Waals surface area contributed by atoms with Gasteiger partial charge in [-0.2, -0.15) is 0 Å². The largest absolute Gasteiger partial charge is 0.493 e. The first-order chi connectivity index (χ1) is 12.0. The van der Waals surface area contributed by atoms with E-state index in [0.717, 1.165) is 28.7 Å². The number of aryl methyl sites for hydroxylation is 1. The lowest BCUT2D eigenvalue weighted by atomic mass is 10.00. The Morgan fingerprint density at radius 2 is 1.84 bits per heavy atom. The first-order valence-electron chi connectivity index (χ1n) is 8.77. The molecule has 2 aromatic carbocycles. The summed E-state index contributed by atoms with van der Waals surface area (Å²) < 4.78 is 11.3. The molecule has 3 heteroatoms. The van der Waals surface area contributed by atoms with Crippen LogP contribution in [0.15, 0.2) is 57.7 Å². The van der Waals surface area contributed by atoms with Gasteiger partial charge >= 0.3 is 5.63 Å². The molecule has 0 N–H and O–H groups in total. The number of fused-ring (bicyclic) bond motifs is 1. The normalized spacial score (nSPS) is 11.2. The monoisotopic (exact) mass is 336 g/mol. The Kier molecular flexibility index (Phi) is 5.22. The van der Waals surface area contributed by atoms with Gasteiger partial charge < -0.3 is 9.15 Å². The van der Waals surface area contributed by atoms with E-state index in [4.69, 9.17) is 9.15 Å². The highest BCUT2D eigenvalue weighted by Gasteiger charge is 2.12. The van der Waals surface area contributed by atoms with E-state index in [2.05, 4.69) is 13.8 Å². The van der Waals surface area contributed by atoms with Crippen molar-refractivity contribution in [2.75, 3.05) is 6.61 Å². The molecule has 0 bridgehead atoms. The lowest BCUT2D eigenvalue weighted by Gasteiger charge is -2.11. The van der Waals surface area contributed by atoms with E-state index >= 15 is 0 Å². The van der Waals surface area contributed by atoms with Crippen molar-refractivity contribution in [1.29, 1.82) is 0 Å². The molecular formula is C22H24O3. The molecule has 0 radical (unpaired) electrons. The van der Waals surface area contributed by atoms with E-state index in [1.54, 1.807) is 0 Å². The van der Waals surface area contributed by atoms with Gasteiger partial charge in [-0.05, 0) is 42.5 Å². The number of hydrogen-bond donors (Lipinski definition) is 0. The van der Waals surface area contributed by atoms with Gasteiger partial charge in [-0.25, -0.2) is 4.79 Å². The predicted molar refractivity (Wildman–Crippen MR) is 101 cm³/mol. The van der Waals surface area contributed by atoms with Crippen LogP contribution in [0.1, 0.15) is 37.0 Å². The van der Waals surface area contributed by atoms with Crippen LogP contribution in [0, 0.1) is 12.8 Å². The van der Waals surface area contributed by atoms with Gasteiger partial charge in [0.1, 0.15) is 11.3 Å². The summed E-state index contributed by atoms with van der Waals surface area (Å²) in [6.45, 7) is 6.98. The minimum Gasteiger partial charge on any atom is -0.493 e. The molecule has 25 heavy (non-hydrogen) atoms.